The molecule has 0 aliphatic carbocycles. The van der Waals surface area contributed by atoms with Crippen LogP contribution in [-0.4, -0.2) is 26.7 Å². The summed E-state index contributed by atoms with van der Waals surface area (Å²) < 4.78 is 5.70. The van der Waals surface area contributed by atoms with Crippen molar-refractivity contribution < 1.29 is 4.74 Å². The number of nitrogens with two attached hydrogens (primary N) is 1. The maximum absolute atomic E-state index is 8.72. The number of hydrogen-bond acceptors (Lipinski definition) is 7. The van der Waals surface area contributed by atoms with Gasteiger partial charge in [-0.1, -0.05) is 164 Å². The first kappa shape index (κ1) is 37.3. The van der Waals surface area contributed by atoms with Gasteiger partial charge in [0.2, 0.25) is 11.8 Å². The Balaban J connectivity index is 1.10. The van der Waals surface area contributed by atoms with Gasteiger partial charge in [-0.15, -0.1) is 0 Å². The second-order valence-corrected chi connectivity index (χ2v) is 14.2. The lowest BCUT2D eigenvalue weighted by Gasteiger charge is -2.16. The number of hydrogen-bond donors (Lipinski definition) is 3. The van der Waals surface area contributed by atoms with Crippen LogP contribution in [0, 0.1) is 10.8 Å². The molecule has 0 fully saturated rings. The lowest BCUT2D eigenvalue weighted by atomic mass is 9.88. The second kappa shape index (κ2) is 16.7. The van der Waals surface area contributed by atoms with E-state index >= 15 is 0 Å². The normalized spacial score (nSPS) is 10.9. The first-order valence-electron chi connectivity index (χ1n) is 19.6. The average molecular weight is 775 g/mol. The maximum atomic E-state index is 8.72. The molecule has 0 unspecified atom stereocenters. The summed E-state index contributed by atoms with van der Waals surface area (Å²) in [5.74, 6) is 1.55. The minimum atomic E-state index is -0.0916. The Morgan fingerprint density at radius 3 is 1.38 bits per heavy atom. The van der Waals surface area contributed by atoms with E-state index in [1.54, 1.807) is 12.1 Å². The van der Waals surface area contributed by atoms with E-state index in [0.717, 1.165) is 61.2 Å². The molecule has 7 heteroatoms. The number of ether oxygens (including phenoxy) is 1. The molecule has 0 spiro atoms. The SMILES string of the molecule is N=C(OC(=N)c1cccc(-c2ccccc2-c2ccccc2-c2cccc(-c3nc(-c4ccccc4)nc(-c4ccccc4-c4ccc(N)cc4)n3)c2)c1)c1ccccc1. The van der Waals surface area contributed by atoms with Crippen molar-refractivity contribution in [2.75, 3.05) is 5.73 Å². The van der Waals surface area contributed by atoms with Gasteiger partial charge in [-0.25, -0.2) is 15.0 Å². The summed E-state index contributed by atoms with van der Waals surface area (Å²) in [5.41, 5.74) is 18.6. The van der Waals surface area contributed by atoms with Crippen molar-refractivity contribution in [3.05, 3.63) is 217 Å². The Morgan fingerprint density at radius 1 is 0.333 bits per heavy atom. The summed E-state index contributed by atoms with van der Waals surface area (Å²) in [4.78, 5) is 15.2. The van der Waals surface area contributed by atoms with Crippen molar-refractivity contribution in [1.82, 2.24) is 15.0 Å². The maximum Gasteiger partial charge on any atom is 0.221 e. The van der Waals surface area contributed by atoms with Gasteiger partial charge in [0.05, 0.1) is 0 Å². The van der Waals surface area contributed by atoms with Crippen molar-refractivity contribution >= 4 is 17.5 Å². The van der Waals surface area contributed by atoms with Crippen LogP contribution in [0.5, 0.6) is 0 Å². The second-order valence-electron chi connectivity index (χ2n) is 14.2. The smallest absolute Gasteiger partial charge is 0.221 e. The lowest BCUT2D eigenvalue weighted by Crippen LogP contribution is -2.12. The molecular weight excluding hydrogens is 737 g/mol. The number of anilines is 1. The van der Waals surface area contributed by atoms with Gasteiger partial charge in [0.1, 0.15) is 0 Å². The number of nitrogens with one attached hydrogen (secondary N) is 2. The molecule has 9 aromatic rings. The first-order chi connectivity index (χ1) is 29.5. The summed E-state index contributed by atoms with van der Waals surface area (Å²) in [5, 5.41) is 17.1. The fraction of sp³-hybridized carbons (Fsp3) is 0. The Bertz CT molecular complexity index is 3000. The molecular formula is C53H38N6O. The third-order valence-electron chi connectivity index (χ3n) is 10.3. The molecule has 8 aromatic carbocycles. The highest BCUT2D eigenvalue weighted by Crippen LogP contribution is 2.40. The van der Waals surface area contributed by atoms with Crippen molar-refractivity contribution in [2.24, 2.45) is 0 Å². The van der Waals surface area contributed by atoms with Gasteiger partial charge in [-0.05, 0) is 87.0 Å². The number of rotatable bonds is 9. The van der Waals surface area contributed by atoms with Crippen LogP contribution in [0.2, 0.25) is 0 Å². The zero-order valence-corrected chi connectivity index (χ0v) is 32.5. The van der Waals surface area contributed by atoms with Gasteiger partial charge in [0, 0.05) is 33.5 Å². The molecule has 286 valence electrons. The molecule has 0 radical (unpaired) electrons. The van der Waals surface area contributed by atoms with E-state index in [-0.39, 0.29) is 11.8 Å². The first-order valence-corrected chi connectivity index (χ1v) is 19.6. The molecule has 1 heterocycles. The van der Waals surface area contributed by atoms with Crippen LogP contribution in [0.15, 0.2) is 206 Å². The zero-order chi connectivity index (χ0) is 40.8. The van der Waals surface area contributed by atoms with Gasteiger partial charge < -0.3 is 10.5 Å². The van der Waals surface area contributed by atoms with Crippen LogP contribution < -0.4 is 5.73 Å². The van der Waals surface area contributed by atoms with Crippen molar-refractivity contribution in [2.45, 2.75) is 0 Å². The molecule has 60 heavy (non-hydrogen) atoms. The van der Waals surface area contributed by atoms with Crippen LogP contribution in [0.3, 0.4) is 0 Å². The molecule has 0 saturated heterocycles. The van der Waals surface area contributed by atoms with Crippen LogP contribution in [0.4, 0.5) is 5.69 Å². The number of aromatic nitrogens is 3. The molecule has 0 atom stereocenters. The highest BCUT2D eigenvalue weighted by molar-refractivity contribution is 6.05. The molecule has 0 bridgehead atoms. The van der Waals surface area contributed by atoms with Gasteiger partial charge >= 0.3 is 0 Å². The molecule has 4 N–H and O–H groups in total. The summed E-state index contributed by atoms with van der Waals surface area (Å²) in [6.07, 6.45) is 0. The molecule has 9 rings (SSSR count). The van der Waals surface area contributed by atoms with Gasteiger partial charge in [0.15, 0.2) is 17.5 Å². The Morgan fingerprint density at radius 2 is 0.750 bits per heavy atom. The third kappa shape index (κ3) is 7.83. The standard InChI is InChI=1S/C53H38N6O/c54-42-31-29-35(30-32-42)43-23-9-12-28-48(43)53-58-51(37-17-5-2-6-18-37)57-52(59-53)41-22-14-20-39(34-41)45-25-8-11-27-47(45)46-26-10-7-24-44(46)38-19-13-21-40(33-38)50(56)60-49(55)36-15-3-1-4-16-36/h1-34,55-56H,54H2. The highest BCUT2D eigenvalue weighted by atomic mass is 16.5. The van der Waals surface area contributed by atoms with E-state index < -0.39 is 0 Å². The van der Waals surface area contributed by atoms with E-state index in [2.05, 4.69) is 54.6 Å². The number of nitrogen functional groups attached to an aromatic ring is 1. The van der Waals surface area contributed by atoms with E-state index in [1.165, 1.54) is 0 Å². The molecule has 0 aliphatic rings. The van der Waals surface area contributed by atoms with E-state index in [4.69, 9.17) is 36.2 Å². The van der Waals surface area contributed by atoms with E-state index in [9.17, 15) is 0 Å². The molecule has 7 nitrogen and oxygen atoms in total. The van der Waals surface area contributed by atoms with Gasteiger partial charge in [-0.2, -0.15) is 0 Å². The topological polar surface area (TPSA) is 122 Å². The van der Waals surface area contributed by atoms with Crippen LogP contribution in [0.1, 0.15) is 11.1 Å². The number of benzene rings is 8. The van der Waals surface area contributed by atoms with Crippen molar-refractivity contribution in [3.8, 4) is 78.7 Å². The van der Waals surface area contributed by atoms with Crippen LogP contribution in [-0.2, 0) is 4.74 Å². The fourth-order valence-corrected chi connectivity index (χ4v) is 7.34. The van der Waals surface area contributed by atoms with Gasteiger partial charge in [0.25, 0.3) is 0 Å². The predicted molar refractivity (Wildman–Crippen MR) is 243 cm³/mol. The minimum Gasteiger partial charge on any atom is -0.421 e. The average Bonchev–Trinajstić information content (AvgIpc) is 3.32. The highest BCUT2D eigenvalue weighted by Gasteiger charge is 2.18. The summed E-state index contributed by atoms with van der Waals surface area (Å²) in [6, 6.07) is 67.9. The lowest BCUT2D eigenvalue weighted by molar-refractivity contribution is 0.538. The summed E-state index contributed by atoms with van der Waals surface area (Å²) in [6.45, 7) is 0. The Labute approximate surface area is 348 Å². The van der Waals surface area contributed by atoms with Crippen LogP contribution >= 0.6 is 0 Å². The quantitative estimate of drug-likeness (QED) is 0.0766. The van der Waals surface area contributed by atoms with Crippen molar-refractivity contribution in [3.63, 3.8) is 0 Å². The Hall–Kier alpha value is -8.29. The zero-order valence-electron chi connectivity index (χ0n) is 32.5. The number of nitrogens with zero attached hydrogens (tertiary/aromatic N) is 3. The monoisotopic (exact) mass is 774 g/mol. The summed E-state index contributed by atoms with van der Waals surface area (Å²) in [7, 11) is 0. The predicted octanol–water partition coefficient (Wildman–Crippen LogP) is 12.5. The molecule has 0 saturated carbocycles. The van der Waals surface area contributed by atoms with E-state index in [1.807, 2.05) is 140 Å². The van der Waals surface area contributed by atoms with Gasteiger partial charge in [-0.3, -0.25) is 10.8 Å². The molecule has 1 aromatic heterocycles. The van der Waals surface area contributed by atoms with Crippen LogP contribution in [0.25, 0.3) is 78.7 Å². The minimum absolute atomic E-state index is 0.0739. The third-order valence-corrected chi connectivity index (χ3v) is 10.3. The molecule has 0 aliphatic heterocycles. The van der Waals surface area contributed by atoms with E-state index in [0.29, 0.717) is 34.3 Å². The van der Waals surface area contributed by atoms with Crippen molar-refractivity contribution in [1.29, 1.82) is 10.8 Å². The molecule has 0 amide bonds. The fourth-order valence-electron chi connectivity index (χ4n) is 7.34. The summed E-state index contributed by atoms with van der Waals surface area (Å²) >= 11 is 0. The Kier molecular flexibility index (Phi) is 10.4. The largest absolute Gasteiger partial charge is 0.421 e.